The molecule has 0 aliphatic heterocycles. The summed E-state index contributed by atoms with van der Waals surface area (Å²) in [6.07, 6.45) is 11.7. The summed E-state index contributed by atoms with van der Waals surface area (Å²) in [6.45, 7) is 7.40. The van der Waals surface area contributed by atoms with Crippen LogP contribution < -0.4 is 5.73 Å². The van der Waals surface area contributed by atoms with Crippen LogP contribution in [0.3, 0.4) is 0 Å². The number of rotatable bonds is 1. The summed E-state index contributed by atoms with van der Waals surface area (Å²) in [5.41, 5.74) is 7.39. The smallest absolute Gasteiger partial charge is 0.0543 e. The summed E-state index contributed by atoms with van der Waals surface area (Å²) >= 11 is 0. The van der Waals surface area contributed by atoms with Gasteiger partial charge in [-0.15, -0.1) is 12.4 Å². The van der Waals surface area contributed by atoms with E-state index in [9.17, 15) is 5.11 Å². The van der Waals surface area contributed by atoms with E-state index in [0.717, 1.165) is 42.4 Å². The van der Waals surface area contributed by atoms with Crippen LogP contribution >= 0.6 is 12.4 Å². The summed E-state index contributed by atoms with van der Waals surface area (Å²) in [4.78, 5) is 0. The molecule has 4 fully saturated rings. The highest BCUT2D eigenvalue weighted by Crippen LogP contribution is 2.67. The molecule has 2 nitrogen and oxygen atoms in total. The van der Waals surface area contributed by atoms with E-state index in [1.807, 2.05) is 0 Å². The minimum atomic E-state index is -0.0209. The molecule has 24 heavy (non-hydrogen) atoms. The van der Waals surface area contributed by atoms with Gasteiger partial charge in [0.15, 0.2) is 0 Å². The zero-order valence-corrected chi connectivity index (χ0v) is 16.7. The molecule has 0 aromatic rings. The lowest BCUT2D eigenvalue weighted by Crippen LogP contribution is -2.54. The predicted molar refractivity (Wildman–Crippen MR) is 102 cm³/mol. The van der Waals surface area contributed by atoms with Crippen LogP contribution in [0.2, 0.25) is 0 Å². The van der Waals surface area contributed by atoms with E-state index < -0.39 is 0 Å². The van der Waals surface area contributed by atoms with E-state index in [4.69, 9.17) is 5.73 Å². The number of hydrogen-bond donors (Lipinski definition) is 2. The molecule has 3 N–H and O–H groups in total. The standard InChI is InChI=1S/C21H37NO.ClH/c1-13(22)17-6-7-18-16-5-4-14-12-15(23)8-10-20(14,2)19(16)9-11-21(17,18)3;/h13-19,23H,4-12,22H2,1-3H3;1H/t13?,14-,15-,16-,17+,18-,19-,20-,21+;/m0./s1. The molecule has 3 heteroatoms. The summed E-state index contributed by atoms with van der Waals surface area (Å²) in [5, 5.41) is 10.1. The normalized spacial score (nSPS) is 54.9. The minimum absolute atomic E-state index is 0. The van der Waals surface area contributed by atoms with Crippen LogP contribution in [-0.4, -0.2) is 17.3 Å². The first kappa shape index (κ1) is 19.0. The van der Waals surface area contributed by atoms with Crippen molar-refractivity contribution in [2.24, 2.45) is 46.2 Å². The Morgan fingerprint density at radius 3 is 2.29 bits per heavy atom. The highest BCUT2D eigenvalue weighted by Gasteiger charge is 2.60. The Labute approximate surface area is 154 Å². The highest BCUT2D eigenvalue weighted by molar-refractivity contribution is 5.85. The molecular formula is C21H38ClNO. The molecule has 0 aromatic heterocycles. The van der Waals surface area contributed by atoms with Gasteiger partial charge in [0.2, 0.25) is 0 Å². The van der Waals surface area contributed by atoms with Gasteiger partial charge in [-0.05, 0) is 105 Å². The van der Waals surface area contributed by atoms with Crippen LogP contribution in [0.25, 0.3) is 0 Å². The molecular weight excluding hydrogens is 318 g/mol. The molecule has 4 aliphatic carbocycles. The third-order valence-electron chi connectivity index (χ3n) is 9.35. The van der Waals surface area contributed by atoms with E-state index in [-0.39, 0.29) is 18.5 Å². The number of aliphatic hydroxyl groups excluding tert-OH is 1. The van der Waals surface area contributed by atoms with Crippen LogP contribution in [0, 0.1) is 40.4 Å². The fourth-order valence-electron chi connectivity index (χ4n) is 8.14. The minimum Gasteiger partial charge on any atom is -0.393 e. The zero-order valence-electron chi connectivity index (χ0n) is 15.8. The second-order valence-electron chi connectivity index (χ2n) is 10.2. The SMILES string of the molecule is CC(N)[C@H]1CC[C@H]2[C@@H]3CC[C@H]4C[C@@H](O)CC[C@]4(C)[C@H]3CC[C@]12C.Cl. The zero-order chi connectivity index (χ0) is 16.4. The average molecular weight is 356 g/mol. The van der Waals surface area contributed by atoms with Crippen molar-refractivity contribution in [1.29, 1.82) is 0 Å². The maximum atomic E-state index is 10.1. The van der Waals surface area contributed by atoms with E-state index in [2.05, 4.69) is 20.8 Å². The molecule has 0 spiro atoms. The van der Waals surface area contributed by atoms with Crippen molar-refractivity contribution >= 4 is 12.4 Å². The van der Waals surface area contributed by atoms with Crippen LogP contribution in [0.15, 0.2) is 0 Å². The Morgan fingerprint density at radius 1 is 0.917 bits per heavy atom. The van der Waals surface area contributed by atoms with E-state index >= 15 is 0 Å². The molecule has 0 radical (unpaired) electrons. The second kappa shape index (κ2) is 6.43. The van der Waals surface area contributed by atoms with Crippen molar-refractivity contribution in [3.05, 3.63) is 0 Å². The lowest BCUT2D eigenvalue weighted by atomic mass is 9.44. The van der Waals surface area contributed by atoms with Crippen LogP contribution in [-0.2, 0) is 0 Å². The van der Waals surface area contributed by atoms with E-state index in [1.54, 1.807) is 0 Å². The van der Waals surface area contributed by atoms with Gasteiger partial charge in [0.1, 0.15) is 0 Å². The number of aliphatic hydroxyl groups is 1. The van der Waals surface area contributed by atoms with Gasteiger partial charge < -0.3 is 10.8 Å². The Balaban J connectivity index is 0.00000169. The van der Waals surface area contributed by atoms with Gasteiger partial charge in [0.05, 0.1) is 6.10 Å². The lowest BCUT2D eigenvalue weighted by Gasteiger charge is -2.61. The van der Waals surface area contributed by atoms with Gasteiger partial charge in [-0.25, -0.2) is 0 Å². The first-order chi connectivity index (χ1) is 10.9. The molecule has 4 saturated carbocycles. The van der Waals surface area contributed by atoms with Gasteiger partial charge in [-0.1, -0.05) is 13.8 Å². The van der Waals surface area contributed by atoms with Crippen LogP contribution in [0.1, 0.15) is 78.6 Å². The molecule has 0 amide bonds. The van der Waals surface area contributed by atoms with Gasteiger partial charge in [0, 0.05) is 6.04 Å². The molecule has 4 rings (SSSR count). The van der Waals surface area contributed by atoms with Gasteiger partial charge in [-0.2, -0.15) is 0 Å². The van der Waals surface area contributed by atoms with Crippen molar-refractivity contribution in [3.63, 3.8) is 0 Å². The number of hydrogen-bond acceptors (Lipinski definition) is 2. The Kier molecular flexibility index (Phi) is 5.08. The molecule has 0 aromatic carbocycles. The maximum Gasteiger partial charge on any atom is 0.0543 e. The third-order valence-corrected chi connectivity index (χ3v) is 9.35. The van der Waals surface area contributed by atoms with E-state index in [0.29, 0.717) is 16.9 Å². The van der Waals surface area contributed by atoms with Crippen molar-refractivity contribution in [1.82, 2.24) is 0 Å². The molecule has 140 valence electrons. The van der Waals surface area contributed by atoms with Crippen molar-refractivity contribution in [2.75, 3.05) is 0 Å². The fourth-order valence-corrected chi connectivity index (χ4v) is 8.14. The first-order valence-electron chi connectivity index (χ1n) is 10.3. The number of halogens is 1. The third kappa shape index (κ3) is 2.58. The second-order valence-corrected chi connectivity index (χ2v) is 10.2. The van der Waals surface area contributed by atoms with Crippen molar-refractivity contribution in [2.45, 2.75) is 90.7 Å². The van der Waals surface area contributed by atoms with Crippen molar-refractivity contribution < 1.29 is 5.11 Å². The molecule has 0 heterocycles. The van der Waals surface area contributed by atoms with Crippen molar-refractivity contribution in [3.8, 4) is 0 Å². The quantitative estimate of drug-likeness (QED) is 0.711. The monoisotopic (exact) mass is 355 g/mol. The van der Waals surface area contributed by atoms with Crippen LogP contribution in [0.4, 0.5) is 0 Å². The van der Waals surface area contributed by atoms with Gasteiger partial charge in [0.25, 0.3) is 0 Å². The molecule has 1 unspecified atom stereocenters. The Hall–Kier alpha value is 0.210. The fraction of sp³-hybridized carbons (Fsp3) is 1.00. The summed E-state index contributed by atoms with van der Waals surface area (Å²) in [6, 6.07) is 0.360. The number of nitrogens with two attached hydrogens (primary N) is 1. The molecule has 4 aliphatic rings. The Morgan fingerprint density at radius 2 is 1.58 bits per heavy atom. The summed E-state index contributed by atoms with van der Waals surface area (Å²) in [7, 11) is 0. The average Bonchev–Trinajstić information content (AvgIpc) is 2.85. The Bertz CT molecular complexity index is 469. The van der Waals surface area contributed by atoms with E-state index in [1.165, 1.54) is 44.9 Å². The van der Waals surface area contributed by atoms with Crippen LogP contribution in [0.5, 0.6) is 0 Å². The largest absolute Gasteiger partial charge is 0.393 e. The molecule has 0 bridgehead atoms. The molecule has 0 saturated heterocycles. The molecule has 9 atom stereocenters. The number of fused-ring (bicyclic) bond motifs is 5. The summed E-state index contributed by atoms with van der Waals surface area (Å²) < 4.78 is 0. The van der Waals surface area contributed by atoms with Gasteiger partial charge >= 0.3 is 0 Å². The highest BCUT2D eigenvalue weighted by atomic mass is 35.5. The summed E-state index contributed by atoms with van der Waals surface area (Å²) in [5.74, 6) is 4.30. The topological polar surface area (TPSA) is 46.2 Å². The first-order valence-corrected chi connectivity index (χ1v) is 10.3. The predicted octanol–water partition coefficient (Wildman–Crippen LogP) is 4.78. The maximum absolute atomic E-state index is 10.1. The van der Waals surface area contributed by atoms with Gasteiger partial charge in [-0.3, -0.25) is 0 Å². The lowest BCUT2D eigenvalue weighted by molar-refractivity contribution is -0.127.